The molecule has 0 spiro atoms. The number of carbonyl (C=O) groups is 1. The van der Waals surface area contributed by atoms with Gasteiger partial charge in [0.25, 0.3) is 0 Å². The number of hydrogen-bond donors (Lipinski definition) is 1. The molecule has 1 fully saturated rings. The predicted octanol–water partition coefficient (Wildman–Crippen LogP) is 5.99. The number of hydrogen-bond acceptors (Lipinski definition) is 4. The molecule has 0 saturated heterocycles. The summed E-state index contributed by atoms with van der Waals surface area (Å²) in [5.41, 5.74) is 1.20. The van der Waals surface area contributed by atoms with Crippen LogP contribution >= 0.6 is 34.5 Å². The topological polar surface area (TPSA) is 69.5 Å². The van der Waals surface area contributed by atoms with Crippen LogP contribution in [0.25, 0.3) is 11.0 Å². The molecule has 5 rings (SSSR count). The number of nitrogens with zero attached hydrogens (tertiary/aromatic N) is 2. The van der Waals surface area contributed by atoms with E-state index in [0.717, 1.165) is 16.6 Å². The highest BCUT2D eigenvalue weighted by Gasteiger charge is 2.72. The third kappa shape index (κ3) is 2.71. The molecule has 2 aromatic carbocycles. The second-order valence-electron chi connectivity index (χ2n) is 7.05. The molecule has 3 atom stereocenters. The summed E-state index contributed by atoms with van der Waals surface area (Å²) in [6.07, 6.45) is 0. The minimum atomic E-state index is -1.11. The van der Waals surface area contributed by atoms with E-state index < -0.39 is 17.3 Å². The SMILES string of the molecule is N#C[C@]1(c2nc3ccccc3[nH]2)[C@@H](C(=O)c2cccs2)[C@@H]1c1ccc(Cl)cc1Cl. The number of para-hydroxylation sites is 2. The third-order valence-corrected chi connectivity index (χ3v) is 6.96. The van der Waals surface area contributed by atoms with E-state index in [0.29, 0.717) is 20.7 Å². The lowest BCUT2D eigenvalue weighted by Gasteiger charge is -2.07. The smallest absolute Gasteiger partial charge is 0.178 e. The molecular weight excluding hydrogens is 425 g/mol. The Morgan fingerprint density at radius 3 is 2.69 bits per heavy atom. The van der Waals surface area contributed by atoms with Gasteiger partial charge in [0, 0.05) is 16.0 Å². The van der Waals surface area contributed by atoms with E-state index in [-0.39, 0.29) is 5.78 Å². The lowest BCUT2D eigenvalue weighted by Crippen LogP contribution is -2.15. The van der Waals surface area contributed by atoms with Gasteiger partial charge in [-0.25, -0.2) is 4.98 Å². The zero-order valence-corrected chi connectivity index (χ0v) is 17.2. The maximum atomic E-state index is 13.3. The molecule has 4 aromatic rings. The number of carbonyl (C=O) groups excluding carboxylic acids is 1. The second-order valence-corrected chi connectivity index (χ2v) is 8.84. The van der Waals surface area contributed by atoms with Gasteiger partial charge in [0.1, 0.15) is 11.2 Å². The van der Waals surface area contributed by atoms with Crippen molar-refractivity contribution < 1.29 is 4.79 Å². The number of ketones is 1. The van der Waals surface area contributed by atoms with Crippen molar-refractivity contribution in [3.05, 3.63) is 86.3 Å². The number of benzene rings is 2. The number of H-pyrrole nitrogens is 1. The lowest BCUT2D eigenvalue weighted by atomic mass is 9.99. The minimum Gasteiger partial charge on any atom is -0.341 e. The van der Waals surface area contributed by atoms with E-state index >= 15 is 0 Å². The number of fused-ring (bicyclic) bond motifs is 1. The molecule has 1 saturated carbocycles. The first kappa shape index (κ1) is 18.4. The number of Topliss-reactive ketones (excluding diaryl/α,β-unsaturated/α-hetero) is 1. The van der Waals surface area contributed by atoms with E-state index in [2.05, 4.69) is 16.0 Å². The van der Waals surface area contributed by atoms with Crippen molar-refractivity contribution in [2.24, 2.45) is 5.92 Å². The van der Waals surface area contributed by atoms with E-state index in [1.807, 2.05) is 35.7 Å². The Bertz CT molecular complexity index is 1260. The van der Waals surface area contributed by atoms with Gasteiger partial charge < -0.3 is 4.98 Å². The molecule has 1 aliphatic carbocycles. The highest BCUT2D eigenvalue weighted by molar-refractivity contribution is 7.12. The molecule has 7 heteroatoms. The van der Waals surface area contributed by atoms with Gasteiger partial charge in [0.05, 0.1) is 27.9 Å². The summed E-state index contributed by atoms with van der Waals surface area (Å²) < 4.78 is 0. The fraction of sp³-hybridized carbons (Fsp3) is 0.136. The van der Waals surface area contributed by atoms with Crippen molar-refractivity contribution >= 4 is 51.4 Å². The number of aromatic amines is 1. The van der Waals surface area contributed by atoms with Crippen molar-refractivity contribution in [2.45, 2.75) is 11.3 Å². The van der Waals surface area contributed by atoms with Crippen LogP contribution < -0.4 is 0 Å². The molecule has 0 unspecified atom stereocenters. The number of nitrogens with one attached hydrogen (secondary N) is 1. The van der Waals surface area contributed by atoms with Gasteiger partial charge in [-0.2, -0.15) is 5.26 Å². The third-order valence-electron chi connectivity index (χ3n) is 5.52. The Hall–Kier alpha value is -2.65. The lowest BCUT2D eigenvalue weighted by molar-refractivity contribution is 0.0963. The molecule has 142 valence electrons. The Balaban J connectivity index is 1.69. The second kappa shape index (κ2) is 6.70. The van der Waals surface area contributed by atoms with Crippen LogP contribution in [0, 0.1) is 17.2 Å². The van der Waals surface area contributed by atoms with Crippen LogP contribution in [-0.4, -0.2) is 15.8 Å². The first-order valence-corrected chi connectivity index (χ1v) is 10.6. The highest BCUT2D eigenvalue weighted by atomic mass is 35.5. The Morgan fingerprint density at radius 1 is 1.17 bits per heavy atom. The molecule has 0 bridgehead atoms. The number of halogens is 2. The summed E-state index contributed by atoms with van der Waals surface area (Å²) >= 11 is 13.9. The van der Waals surface area contributed by atoms with Crippen LogP contribution in [0.15, 0.2) is 60.0 Å². The molecule has 0 amide bonds. The molecule has 2 aromatic heterocycles. The van der Waals surface area contributed by atoms with Crippen molar-refractivity contribution in [3.8, 4) is 6.07 Å². The van der Waals surface area contributed by atoms with Gasteiger partial charge >= 0.3 is 0 Å². The molecule has 1 aliphatic rings. The Kier molecular flexibility index (Phi) is 4.25. The largest absolute Gasteiger partial charge is 0.341 e. The van der Waals surface area contributed by atoms with Gasteiger partial charge in [-0.15, -0.1) is 11.3 Å². The van der Waals surface area contributed by atoms with E-state index in [4.69, 9.17) is 23.2 Å². The van der Waals surface area contributed by atoms with Crippen LogP contribution in [-0.2, 0) is 5.41 Å². The van der Waals surface area contributed by atoms with Gasteiger partial charge in [0.15, 0.2) is 5.78 Å². The highest BCUT2D eigenvalue weighted by Crippen LogP contribution is 2.67. The number of rotatable bonds is 4. The van der Waals surface area contributed by atoms with Gasteiger partial charge in [-0.3, -0.25) is 4.79 Å². The molecule has 4 nitrogen and oxygen atoms in total. The quantitative estimate of drug-likeness (QED) is 0.398. The minimum absolute atomic E-state index is 0.0713. The normalized spacial score (nSPS) is 23.1. The van der Waals surface area contributed by atoms with Crippen LogP contribution in [0.2, 0.25) is 10.0 Å². The summed E-state index contributed by atoms with van der Waals surface area (Å²) in [6, 6.07) is 18.8. The Labute approximate surface area is 180 Å². The maximum absolute atomic E-state index is 13.3. The fourth-order valence-electron chi connectivity index (χ4n) is 4.13. The predicted molar refractivity (Wildman–Crippen MR) is 115 cm³/mol. The number of aromatic nitrogens is 2. The summed E-state index contributed by atoms with van der Waals surface area (Å²) in [5, 5.41) is 13.1. The number of thiophene rings is 1. The zero-order chi connectivity index (χ0) is 20.2. The average Bonchev–Trinajstić information content (AvgIpc) is 3.09. The average molecular weight is 438 g/mol. The Morgan fingerprint density at radius 2 is 2.00 bits per heavy atom. The molecule has 0 radical (unpaired) electrons. The van der Waals surface area contributed by atoms with Crippen molar-refractivity contribution in [3.63, 3.8) is 0 Å². The molecular formula is C22H13Cl2N3OS. The summed E-state index contributed by atoms with van der Waals surface area (Å²) in [7, 11) is 0. The van der Waals surface area contributed by atoms with Crippen LogP contribution in [0.1, 0.15) is 27.0 Å². The van der Waals surface area contributed by atoms with Crippen LogP contribution in [0.3, 0.4) is 0 Å². The van der Waals surface area contributed by atoms with Crippen LogP contribution in [0.4, 0.5) is 0 Å². The van der Waals surface area contributed by atoms with Crippen molar-refractivity contribution in [1.29, 1.82) is 5.26 Å². The monoisotopic (exact) mass is 437 g/mol. The molecule has 29 heavy (non-hydrogen) atoms. The molecule has 2 heterocycles. The molecule has 1 N–H and O–H groups in total. The summed E-state index contributed by atoms with van der Waals surface area (Å²) in [6.45, 7) is 0. The van der Waals surface area contributed by atoms with E-state index in [1.165, 1.54) is 11.3 Å². The number of imidazole rings is 1. The zero-order valence-electron chi connectivity index (χ0n) is 14.9. The van der Waals surface area contributed by atoms with Crippen LogP contribution in [0.5, 0.6) is 0 Å². The van der Waals surface area contributed by atoms with E-state index in [1.54, 1.807) is 24.3 Å². The summed E-state index contributed by atoms with van der Waals surface area (Å²) in [4.78, 5) is 21.9. The first-order chi connectivity index (χ1) is 14.1. The van der Waals surface area contributed by atoms with Gasteiger partial charge in [0.2, 0.25) is 0 Å². The first-order valence-electron chi connectivity index (χ1n) is 8.95. The standard InChI is InChI=1S/C22H13Cl2N3OS/c23-12-7-8-13(14(24)10-12)18-19(20(28)17-6-3-9-29-17)22(18,11-25)21-26-15-4-1-2-5-16(15)27-21/h1-10,18-19H,(H,26,27)/t18-,19+,22+/m0/s1. The summed E-state index contributed by atoms with van der Waals surface area (Å²) in [5.74, 6) is -0.567. The van der Waals surface area contributed by atoms with E-state index in [9.17, 15) is 10.1 Å². The number of nitriles is 1. The van der Waals surface area contributed by atoms with Gasteiger partial charge in [-0.05, 0) is 41.3 Å². The van der Waals surface area contributed by atoms with Crippen molar-refractivity contribution in [1.82, 2.24) is 9.97 Å². The van der Waals surface area contributed by atoms with Gasteiger partial charge in [-0.1, -0.05) is 47.5 Å². The maximum Gasteiger partial charge on any atom is 0.178 e. The van der Waals surface area contributed by atoms with Crippen molar-refractivity contribution in [2.75, 3.05) is 0 Å². The fourth-order valence-corrected chi connectivity index (χ4v) is 5.36. The molecule has 0 aliphatic heterocycles.